The Kier molecular flexibility index (Phi) is 3.77. The predicted octanol–water partition coefficient (Wildman–Crippen LogP) is 3.08. The van der Waals surface area contributed by atoms with Crippen molar-refractivity contribution in [2.45, 2.75) is 11.3 Å². The number of carbonyl (C=O) groups excluding carboxylic acids is 1. The molecule has 1 aromatic heterocycles. The lowest BCUT2D eigenvalue weighted by Crippen LogP contribution is -2.15. The van der Waals surface area contributed by atoms with Crippen molar-refractivity contribution in [3.8, 4) is 17.5 Å². The van der Waals surface area contributed by atoms with E-state index in [0.717, 1.165) is 11.1 Å². The van der Waals surface area contributed by atoms with Gasteiger partial charge in [0.25, 0.3) is 0 Å². The Morgan fingerprint density at radius 1 is 1.12 bits per heavy atom. The molecule has 6 heteroatoms. The van der Waals surface area contributed by atoms with Gasteiger partial charge >= 0.3 is 5.97 Å². The first-order valence-electron chi connectivity index (χ1n) is 8.15. The van der Waals surface area contributed by atoms with Gasteiger partial charge in [0.15, 0.2) is 5.41 Å². The van der Waals surface area contributed by atoms with Crippen LogP contribution in [-0.2, 0) is 14.9 Å². The summed E-state index contributed by atoms with van der Waals surface area (Å²) in [7, 11) is 1.31. The topological polar surface area (TPSA) is 89.0 Å². The molecule has 0 amide bonds. The maximum Gasteiger partial charge on any atom is 0.311 e. The second-order valence-electron chi connectivity index (χ2n) is 6.15. The standard InChI is InChI=1S/C20H15N3O3/c1-25-18(24)16-15(13-8-4-2-5-9-13)20(16,12-21)19-23-22-17(26-19)14-10-6-3-7-11-14/h2-11,15-16H,1H3/t15-,16+,20+/m1/s1. The van der Waals surface area contributed by atoms with E-state index >= 15 is 0 Å². The number of esters is 1. The number of benzene rings is 2. The lowest BCUT2D eigenvalue weighted by Gasteiger charge is -2.03. The molecule has 1 aliphatic carbocycles. The van der Waals surface area contributed by atoms with Gasteiger partial charge in [0.2, 0.25) is 11.8 Å². The molecule has 0 aliphatic heterocycles. The van der Waals surface area contributed by atoms with Crippen LogP contribution < -0.4 is 0 Å². The molecule has 2 aromatic carbocycles. The van der Waals surface area contributed by atoms with Crippen LogP contribution in [-0.4, -0.2) is 23.3 Å². The van der Waals surface area contributed by atoms with Crippen LogP contribution in [0.3, 0.4) is 0 Å². The third-order valence-corrected chi connectivity index (χ3v) is 4.80. The van der Waals surface area contributed by atoms with E-state index in [1.165, 1.54) is 7.11 Å². The zero-order valence-corrected chi connectivity index (χ0v) is 14.0. The van der Waals surface area contributed by atoms with Gasteiger partial charge in [-0.25, -0.2) is 0 Å². The smallest absolute Gasteiger partial charge is 0.311 e. The molecule has 0 unspecified atom stereocenters. The minimum atomic E-state index is -1.21. The summed E-state index contributed by atoms with van der Waals surface area (Å²) < 4.78 is 10.7. The fraction of sp³-hybridized carbons (Fsp3) is 0.200. The van der Waals surface area contributed by atoms with E-state index in [1.807, 2.05) is 60.7 Å². The number of ether oxygens (including phenoxy) is 1. The Bertz CT molecular complexity index is 978. The highest BCUT2D eigenvalue weighted by atomic mass is 16.5. The molecular weight excluding hydrogens is 330 g/mol. The van der Waals surface area contributed by atoms with E-state index in [2.05, 4.69) is 16.3 Å². The summed E-state index contributed by atoms with van der Waals surface area (Å²) in [4.78, 5) is 12.3. The Morgan fingerprint density at radius 3 is 2.38 bits per heavy atom. The number of aromatic nitrogens is 2. The van der Waals surface area contributed by atoms with E-state index in [9.17, 15) is 10.1 Å². The van der Waals surface area contributed by atoms with Gasteiger partial charge in [0.05, 0.1) is 19.1 Å². The monoisotopic (exact) mass is 345 g/mol. The Hall–Kier alpha value is -3.46. The molecule has 3 atom stereocenters. The highest BCUT2D eigenvalue weighted by molar-refractivity contribution is 5.83. The molecule has 6 nitrogen and oxygen atoms in total. The molecule has 3 aromatic rings. The minimum Gasteiger partial charge on any atom is -0.469 e. The molecule has 0 N–H and O–H groups in total. The van der Waals surface area contributed by atoms with Gasteiger partial charge in [-0.15, -0.1) is 10.2 Å². The van der Waals surface area contributed by atoms with Crippen LogP contribution >= 0.6 is 0 Å². The van der Waals surface area contributed by atoms with Crippen molar-refractivity contribution in [3.05, 3.63) is 72.1 Å². The van der Waals surface area contributed by atoms with Crippen LogP contribution in [0.5, 0.6) is 0 Å². The van der Waals surface area contributed by atoms with Crippen LogP contribution in [0.1, 0.15) is 17.4 Å². The number of carbonyl (C=O) groups is 1. The summed E-state index contributed by atoms with van der Waals surface area (Å²) in [6.07, 6.45) is 0. The average molecular weight is 345 g/mol. The van der Waals surface area contributed by atoms with Crippen molar-refractivity contribution in [1.29, 1.82) is 5.26 Å². The maximum atomic E-state index is 12.3. The van der Waals surface area contributed by atoms with E-state index in [1.54, 1.807) is 0 Å². The highest BCUT2D eigenvalue weighted by Gasteiger charge is 2.74. The summed E-state index contributed by atoms with van der Waals surface area (Å²) >= 11 is 0. The molecule has 0 saturated heterocycles. The van der Waals surface area contributed by atoms with Gasteiger partial charge in [-0.1, -0.05) is 48.5 Å². The van der Waals surface area contributed by atoms with Crippen LogP contribution in [0.4, 0.5) is 0 Å². The van der Waals surface area contributed by atoms with Gasteiger partial charge in [0.1, 0.15) is 0 Å². The zero-order chi connectivity index (χ0) is 18.1. The SMILES string of the molecule is COC(=O)[C@@H]1[C@@H](c2ccccc2)[C@]1(C#N)c1nnc(-c2ccccc2)o1. The molecule has 0 radical (unpaired) electrons. The van der Waals surface area contributed by atoms with Gasteiger partial charge < -0.3 is 9.15 Å². The number of hydrogen-bond acceptors (Lipinski definition) is 6. The molecule has 0 spiro atoms. The second-order valence-corrected chi connectivity index (χ2v) is 6.15. The van der Waals surface area contributed by atoms with E-state index in [0.29, 0.717) is 5.89 Å². The quantitative estimate of drug-likeness (QED) is 0.675. The van der Waals surface area contributed by atoms with Crippen molar-refractivity contribution >= 4 is 5.97 Å². The van der Waals surface area contributed by atoms with Crippen molar-refractivity contribution in [2.24, 2.45) is 5.92 Å². The maximum absolute atomic E-state index is 12.3. The minimum absolute atomic E-state index is 0.142. The van der Waals surface area contributed by atoms with E-state index < -0.39 is 17.3 Å². The number of methoxy groups -OCH3 is 1. The average Bonchev–Trinajstić information content (AvgIpc) is 3.14. The third-order valence-electron chi connectivity index (χ3n) is 4.80. The van der Waals surface area contributed by atoms with Crippen LogP contribution in [0.2, 0.25) is 0 Å². The van der Waals surface area contributed by atoms with Gasteiger partial charge in [-0.05, 0) is 17.7 Å². The van der Waals surface area contributed by atoms with E-state index in [4.69, 9.17) is 9.15 Å². The van der Waals surface area contributed by atoms with Crippen molar-refractivity contribution < 1.29 is 13.9 Å². The number of nitriles is 1. The molecule has 1 fully saturated rings. The molecule has 1 heterocycles. The first-order valence-corrected chi connectivity index (χ1v) is 8.15. The zero-order valence-electron chi connectivity index (χ0n) is 14.0. The number of hydrogen-bond donors (Lipinski definition) is 0. The summed E-state index contributed by atoms with van der Waals surface area (Å²) in [5.41, 5.74) is 0.406. The highest BCUT2D eigenvalue weighted by Crippen LogP contribution is 2.65. The molecule has 128 valence electrons. The fourth-order valence-electron chi connectivity index (χ4n) is 3.49. The molecule has 1 saturated carbocycles. The molecule has 0 bridgehead atoms. The second kappa shape index (κ2) is 6.12. The van der Waals surface area contributed by atoms with Gasteiger partial charge in [-0.2, -0.15) is 5.26 Å². The molecule has 26 heavy (non-hydrogen) atoms. The molecular formula is C20H15N3O3. The van der Waals surface area contributed by atoms with Gasteiger partial charge in [-0.3, -0.25) is 4.79 Å². The first kappa shape index (κ1) is 16.0. The summed E-state index contributed by atoms with van der Waals surface area (Å²) in [5, 5.41) is 18.1. The predicted molar refractivity (Wildman–Crippen MR) is 91.7 cm³/mol. The van der Waals surface area contributed by atoms with Crippen LogP contribution in [0.15, 0.2) is 65.1 Å². The third kappa shape index (κ3) is 2.29. The lowest BCUT2D eigenvalue weighted by atomic mass is 10.0. The normalized spacial score (nSPS) is 23.8. The summed E-state index contributed by atoms with van der Waals surface area (Å²) in [5.74, 6) is -1.06. The number of rotatable bonds is 4. The summed E-state index contributed by atoms with van der Waals surface area (Å²) in [6.45, 7) is 0. The molecule has 1 aliphatic rings. The Labute approximate surface area is 150 Å². The van der Waals surface area contributed by atoms with Crippen molar-refractivity contribution in [3.63, 3.8) is 0 Å². The first-order chi connectivity index (χ1) is 12.7. The number of nitrogens with zero attached hydrogens (tertiary/aromatic N) is 3. The fourth-order valence-corrected chi connectivity index (χ4v) is 3.49. The van der Waals surface area contributed by atoms with Crippen LogP contribution in [0, 0.1) is 17.2 Å². The van der Waals surface area contributed by atoms with Crippen LogP contribution in [0.25, 0.3) is 11.5 Å². The summed E-state index contributed by atoms with van der Waals surface area (Å²) in [6, 6.07) is 20.9. The molecule has 4 rings (SSSR count). The van der Waals surface area contributed by atoms with Crippen molar-refractivity contribution in [1.82, 2.24) is 10.2 Å². The van der Waals surface area contributed by atoms with Crippen molar-refractivity contribution in [2.75, 3.05) is 7.11 Å². The Balaban J connectivity index is 1.78. The van der Waals surface area contributed by atoms with Gasteiger partial charge in [0, 0.05) is 11.5 Å². The van der Waals surface area contributed by atoms with E-state index in [-0.39, 0.29) is 11.8 Å². The lowest BCUT2D eigenvalue weighted by molar-refractivity contribution is -0.142. The largest absolute Gasteiger partial charge is 0.469 e. The Morgan fingerprint density at radius 2 is 1.77 bits per heavy atom.